The summed E-state index contributed by atoms with van der Waals surface area (Å²) in [6.07, 6.45) is 9.62. The van der Waals surface area contributed by atoms with Gasteiger partial charge in [-0.1, -0.05) is 31.2 Å². The summed E-state index contributed by atoms with van der Waals surface area (Å²) >= 11 is 1.86. The van der Waals surface area contributed by atoms with Crippen LogP contribution in [0.25, 0.3) is 16.6 Å². The van der Waals surface area contributed by atoms with Gasteiger partial charge in [-0.2, -0.15) is 5.10 Å². The first-order valence-corrected chi connectivity index (χ1v) is 14.9. The molecule has 38 heavy (non-hydrogen) atoms. The summed E-state index contributed by atoms with van der Waals surface area (Å²) in [6, 6.07) is 11.5. The molecule has 2 aliphatic rings. The third-order valence-electron chi connectivity index (χ3n) is 8.41. The molecule has 1 N–H and O–H groups in total. The summed E-state index contributed by atoms with van der Waals surface area (Å²) in [5, 5.41) is 16.4. The Balaban J connectivity index is 1.36. The van der Waals surface area contributed by atoms with Gasteiger partial charge in [-0.15, -0.1) is 11.3 Å². The van der Waals surface area contributed by atoms with E-state index in [0.29, 0.717) is 24.4 Å². The van der Waals surface area contributed by atoms with Crippen molar-refractivity contribution in [2.45, 2.75) is 83.2 Å². The molecule has 2 atom stereocenters. The smallest absolute Gasteiger partial charge is 0.149 e. The van der Waals surface area contributed by atoms with Gasteiger partial charge in [0.1, 0.15) is 5.82 Å². The van der Waals surface area contributed by atoms with E-state index in [1.54, 1.807) is 7.11 Å². The van der Waals surface area contributed by atoms with Crippen LogP contribution in [0.2, 0.25) is 0 Å². The number of fused-ring (bicyclic) bond motifs is 2. The van der Waals surface area contributed by atoms with Crippen LogP contribution in [0.5, 0.6) is 0 Å². The van der Waals surface area contributed by atoms with Gasteiger partial charge in [-0.25, -0.2) is 14.5 Å². The number of methoxy groups -OCH3 is 1. The number of aryl methyl sites for hydroxylation is 2. The van der Waals surface area contributed by atoms with Gasteiger partial charge < -0.3 is 9.84 Å². The fourth-order valence-corrected chi connectivity index (χ4v) is 7.50. The zero-order valence-electron chi connectivity index (χ0n) is 22.7. The Kier molecular flexibility index (Phi) is 7.34. The molecule has 1 unspecified atom stereocenters. The summed E-state index contributed by atoms with van der Waals surface area (Å²) in [5.41, 5.74) is 7.47. The van der Waals surface area contributed by atoms with Gasteiger partial charge in [0.05, 0.1) is 28.5 Å². The van der Waals surface area contributed by atoms with Crippen molar-refractivity contribution < 1.29 is 9.84 Å². The number of hydrogen-bond donors (Lipinski definition) is 1. The molecule has 4 aromatic rings. The molecule has 2 aliphatic carbocycles. The third-order valence-corrected chi connectivity index (χ3v) is 9.44. The van der Waals surface area contributed by atoms with Crippen LogP contribution in [0, 0.1) is 12.8 Å². The van der Waals surface area contributed by atoms with E-state index in [4.69, 9.17) is 19.8 Å². The fraction of sp³-hybridized carbons (Fsp3) is 0.516. The third kappa shape index (κ3) is 5.16. The average Bonchev–Trinajstić information content (AvgIpc) is 3.48. The number of ether oxygens (including phenoxy) is 1. The number of benzene rings is 1. The standard InChI is InChI=1S/C31H38N4O2S/c1-19(18-37-3)13-31-32-17-29-26(16-28(35(29)34-31)21-7-10-25(36)11-8-21)24-6-4-5-22(14-24)23-9-12-27-30(15-23)38-20(2)33-27/h4-6,14,16-17,19,21,23,25,36H,7-13,15,18H2,1-3H3/t19-,21?,23?,25?/m1/s1. The normalized spacial score (nSPS) is 22.5. The van der Waals surface area contributed by atoms with E-state index < -0.39 is 0 Å². The first kappa shape index (κ1) is 25.7. The van der Waals surface area contributed by atoms with Gasteiger partial charge >= 0.3 is 0 Å². The van der Waals surface area contributed by atoms with Crippen LogP contribution < -0.4 is 0 Å². The molecule has 0 radical (unpaired) electrons. The highest BCUT2D eigenvalue weighted by Crippen LogP contribution is 2.40. The van der Waals surface area contributed by atoms with Crippen molar-refractivity contribution in [1.82, 2.24) is 19.6 Å². The Hall–Kier alpha value is -2.61. The molecule has 3 heterocycles. The zero-order chi connectivity index (χ0) is 26.2. The Morgan fingerprint density at radius 1 is 1.13 bits per heavy atom. The lowest BCUT2D eigenvalue weighted by Crippen LogP contribution is -2.19. The lowest BCUT2D eigenvalue weighted by molar-refractivity contribution is 0.121. The molecule has 1 saturated carbocycles. The Morgan fingerprint density at radius 2 is 1.97 bits per heavy atom. The highest BCUT2D eigenvalue weighted by Gasteiger charge is 2.27. The van der Waals surface area contributed by atoms with Gasteiger partial charge in [0.25, 0.3) is 0 Å². The van der Waals surface area contributed by atoms with Crippen molar-refractivity contribution in [3.8, 4) is 11.1 Å². The van der Waals surface area contributed by atoms with Gasteiger partial charge in [0, 0.05) is 42.2 Å². The number of thiazole rings is 1. The molecule has 7 heteroatoms. The largest absolute Gasteiger partial charge is 0.393 e. The summed E-state index contributed by atoms with van der Waals surface area (Å²) in [4.78, 5) is 11.0. The number of nitrogens with zero attached hydrogens (tertiary/aromatic N) is 4. The molecule has 0 saturated heterocycles. The maximum Gasteiger partial charge on any atom is 0.149 e. The maximum atomic E-state index is 10.1. The van der Waals surface area contributed by atoms with E-state index >= 15 is 0 Å². The van der Waals surface area contributed by atoms with Gasteiger partial charge in [0.2, 0.25) is 0 Å². The molecule has 1 fully saturated rings. The van der Waals surface area contributed by atoms with E-state index in [1.807, 2.05) is 17.5 Å². The van der Waals surface area contributed by atoms with Gasteiger partial charge in [-0.05, 0) is 80.9 Å². The minimum absolute atomic E-state index is 0.174. The van der Waals surface area contributed by atoms with Crippen LogP contribution in [-0.2, 0) is 24.0 Å². The molecule has 6 nitrogen and oxygen atoms in total. The second-order valence-electron chi connectivity index (χ2n) is 11.4. The van der Waals surface area contributed by atoms with E-state index in [9.17, 15) is 5.11 Å². The van der Waals surface area contributed by atoms with Crippen LogP contribution in [0.1, 0.15) is 83.5 Å². The van der Waals surface area contributed by atoms with E-state index in [0.717, 1.165) is 62.7 Å². The Morgan fingerprint density at radius 3 is 2.79 bits per heavy atom. The lowest BCUT2D eigenvalue weighted by Gasteiger charge is -2.25. The number of aliphatic hydroxyl groups is 1. The van der Waals surface area contributed by atoms with Crippen LogP contribution in [0.15, 0.2) is 36.5 Å². The summed E-state index contributed by atoms with van der Waals surface area (Å²) in [6.45, 7) is 4.99. The van der Waals surface area contributed by atoms with Crippen LogP contribution in [-0.4, -0.2) is 44.5 Å². The van der Waals surface area contributed by atoms with Crippen molar-refractivity contribution in [2.24, 2.45) is 5.92 Å². The summed E-state index contributed by atoms with van der Waals surface area (Å²) in [7, 11) is 1.74. The SMILES string of the molecule is COC[C@H](C)Cc1ncc2c(-c3cccc(C4CCc5nc(C)sc5C4)c3)cc(C3CCC(O)CC3)n2n1. The highest BCUT2D eigenvalue weighted by atomic mass is 32.1. The molecular weight excluding hydrogens is 492 g/mol. The molecule has 6 rings (SSSR count). The average molecular weight is 531 g/mol. The second kappa shape index (κ2) is 10.9. The van der Waals surface area contributed by atoms with Crippen LogP contribution in [0.4, 0.5) is 0 Å². The van der Waals surface area contributed by atoms with Crippen LogP contribution >= 0.6 is 11.3 Å². The van der Waals surface area contributed by atoms with E-state index in [1.165, 1.54) is 38.0 Å². The summed E-state index contributed by atoms with van der Waals surface area (Å²) in [5.74, 6) is 2.14. The number of aliphatic hydroxyl groups excluding tert-OH is 1. The minimum atomic E-state index is -0.174. The number of aromatic nitrogens is 4. The van der Waals surface area contributed by atoms with Crippen molar-refractivity contribution in [2.75, 3.05) is 13.7 Å². The van der Waals surface area contributed by atoms with Crippen molar-refractivity contribution in [3.05, 3.63) is 69.2 Å². The molecule has 1 aromatic carbocycles. The van der Waals surface area contributed by atoms with Gasteiger partial charge in [0.15, 0.2) is 0 Å². The zero-order valence-corrected chi connectivity index (χ0v) is 23.5. The maximum absolute atomic E-state index is 10.1. The van der Waals surface area contributed by atoms with E-state index in [-0.39, 0.29) is 6.10 Å². The van der Waals surface area contributed by atoms with Crippen LogP contribution in [0.3, 0.4) is 0 Å². The lowest BCUT2D eigenvalue weighted by atomic mass is 9.84. The second-order valence-corrected chi connectivity index (χ2v) is 12.7. The summed E-state index contributed by atoms with van der Waals surface area (Å²) < 4.78 is 7.50. The monoisotopic (exact) mass is 530 g/mol. The fourth-order valence-electron chi connectivity index (χ4n) is 6.44. The topological polar surface area (TPSA) is 72.5 Å². The number of hydrogen-bond acceptors (Lipinski definition) is 6. The number of rotatable bonds is 7. The van der Waals surface area contributed by atoms with Gasteiger partial charge in [-0.3, -0.25) is 0 Å². The quantitative estimate of drug-likeness (QED) is 0.305. The van der Waals surface area contributed by atoms with Crippen molar-refractivity contribution in [1.29, 1.82) is 0 Å². The molecular formula is C31H38N4O2S. The predicted molar refractivity (Wildman–Crippen MR) is 152 cm³/mol. The Labute approximate surface area is 229 Å². The molecule has 0 aliphatic heterocycles. The highest BCUT2D eigenvalue weighted by molar-refractivity contribution is 7.11. The minimum Gasteiger partial charge on any atom is -0.393 e. The Bertz CT molecular complexity index is 1420. The van der Waals surface area contributed by atoms with E-state index in [2.05, 4.69) is 48.7 Å². The molecule has 200 valence electrons. The van der Waals surface area contributed by atoms with Crippen molar-refractivity contribution >= 4 is 16.9 Å². The molecule has 0 amide bonds. The van der Waals surface area contributed by atoms with Crippen molar-refractivity contribution in [3.63, 3.8) is 0 Å². The molecule has 3 aromatic heterocycles. The first-order chi connectivity index (χ1) is 18.5. The molecule has 0 spiro atoms. The molecule has 0 bridgehead atoms. The predicted octanol–water partition coefficient (Wildman–Crippen LogP) is 6.28. The first-order valence-electron chi connectivity index (χ1n) is 14.1.